The number of esters is 1. The molecule has 2 aromatic heterocycles. The maximum absolute atomic E-state index is 12.3. The normalized spacial score (nSPS) is 11.7. The van der Waals surface area contributed by atoms with Crippen LogP contribution >= 0.6 is 23.1 Å². The summed E-state index contributed by atoms with van der Waals surface area (Å²) in [6, 6.07) is 5.99. The van der Waals surface area contributed by atoms with E-state index in [-0.39, 0.29) is 28.4 Å². The minimum atomic E-state index is -3.59. The molecule has 3 rings (SSSR count). The van der Waals surface area contributed by atoms with Gasteiger partial charge in [0.2, 0.25) is 15.9 Å². The van der Waals surface area contributed by atoms with Gasteiger partial charge in [0.15, 0.2) is 5.58 Å². The number of anilines is 1. The number of benzene rings is 1. The number of nitrogens with one attached hydrogen (secondary N) is 1. The average molecular weight is 470 g/mol. The van der Waals surface area contributed by atoms with E-state index in [0.717, 1.165) is 16.1 Å². The first kappa shape index (κ1) is 22.3. The Bertz CT molecular complexity index is 1180. The lowest BCUT2D eigenvalue weighted by molar-refractivity contribution is -0.113. The molecular formula is C18H19N3O6S3. The molecule has 0 atom stereocenters. The highest BCUT2D eigenvalue weighted by Crippen LogP contribution is 2.27. The molecule has 30 heavy (non-hydrogen) atoms. The molecule has 1 aromatic carbocycles. The van der Waals surface area contributed by atoms with E-state index in [1.165, 1.54) is 43.6 Å². The van der Waals surface area contributed by atoms with Crippen LogP contribution in [0.1, 0.15) is 17.3 Å². The highest BCUT2D eigenvalue weighted by molar-refractivity contribution is 7.99. The summed E-state index contributed by atoms with van der Waals surface area (Å²) in [5, 5.41) is 5.01. The molecule has 1 N–H and O–H groups in total. The maximum atomic E-state index is 12.3. The summed E-state index contributed by atoms with van der Waals surface area (Å²) in [5.41, 5.74) is 1.10. The van der Waals surface area contributed by atoms with E-state index < -0.39 is 16.0 Å². The van der Waals surface area contributed by atoms with Gasteiger partial charge in [-0.1, -0.05) is 11.8 Å². The second-order valence-electron chi connectivity index (χ2n) is 6.12. The Balaban J connectivity index is 1.67. The molecule has 160 valence electrons. The van der Waals surface area contributed by atoms with Crippen molar-refractivity contribution >= 4 is 61.1 Å². The van der Waals surface area contributed by atoms with Crippen molar-refractivity contribution in [1.29, 1.82) is 0 Å². The largest absolute Gasteiger partial charge is 0.462 e. The lowest BCUT2D eigenvalue weighted by Crippen LogP contribution is -2.22. The molecule has 3 aromatic rings. The van der Waals surface area contributed by atoms with Gasteiger partial charge in [-0.25, -0.2) is 22.5 Å². The number of oxazole rings is 1. The molecule has 0 aliphatic carbocycles. The van der Waals surface area contributed by atoms with Crippen LogP contribution in [0.4, 0.5) is 5.00 Å². The molecule has 0 saturated carbocycles. The van der Waals surface area contributed by atoms with Crippen molar-refractivity contribution in [3.8, 4) is 0 Å². The molecule has 1 amide bonds. The van der Waals surface area contributed by atoms with E-state index in [2.05, 4.69) is 10.3 Å². The van der Waals surface area contributed by atoms with Gasteiger partial charge in [0, 0.05) is 14.1 Å². The van der Waals surface area contributed by atoms with Crippen LogP contribution in [-0.2, 0) is 19.6 Å². The SMILES string of the molecule is CCOC(=O)c1ccsc1NC(=O)CSc1nc2cc(S(=O)(=O)N(C)C)ccc2o1. The van der Waals surface area contributed by atoms with Crippen molar-refractivity contribution in [3.63, 3.8) is 0 Å². The Morgan fingerprint density at radius 3 is 2.77 bits per heavy atom. The van der Waals surface area contributed by atoms with Crippen LogP contribution in [0.3, 0.4) is 0 Å². The summed E-state index contributed by atoms with van der Waals surface area (Å²) in [7, 11) is -0.690. The standard InChI is InChI=1S/C18H19N3O6S3/c1-4-26-17(23)12-7-8-28-16(12)20-15(22)10-29-18-19-13-9-11(5-6-14(13)27-18)30(24,25)21(2)3/h5-9H,4,10H2,1-3H3,(H,20,22). The number of rotatable bonds is 8. The average Bonchev–Trinajstić information content (AvgIpc) is 3.32. The Hall–Kier alpha value is -2.41. The predicted octanol–water partition coefficient (Wildman–Crippen LogP) is 3.05. The van der Waals surface area contributed by atoms with E-state index >= 15 is 0 Å². The van der Waals surface area contributed by atoms with Crippen molar-refractivity contribution in [1.82, 2.24) is 9.29 Å². The van der Waals surface area contributed by atoms with E-state index in [4.69, 9.17) is 9.15 Å². The smallest absolute Gasteiger partial charge is 0.341 e. The quantitative estimate of drug-likeness (QED) is 0.395. The third-order valence-electron chi connectivity index (χ3n) is 3.86. The van der Waals surface area contributed by atoms with Crippen molar-refractivity contribution in [2.75, 3.05) is 31.8 Å². The molecule has 9 nitrogen and oxygen atoms in total. The number of amides is 1. The van der Waals surface area contributed by atoms with E-state index in [1.54, 1.807) is 18.4 Å². The number of aromatic nitrogens is 1. The van der Waals surface area contributed by atoms with Crippen LogP contribution in [0, 0.1) is 0 Å². The van der Waals surface area contributed by atoms with Crippen molar-refractivity contribution in [2.45, 2.75) is 17.0 Å². The van der Waals surface area contributed by atoms with Crippen molar-refractivity contribution in [2.24, 2.45) is 0 Å². The summed E-state index contributed by atoms with van der Waals surface area (Å²) in [6.45, 7) is 1.95. The Kier molecular flexibility index (Phi) is 6.81. The third-order valence-corrected chi connectivity index (χ3v) is 7.33. The number of thiophene rings is 1. The van der Waals surface area contributed by atoms with Crippen molar-refractivity contribution in [3.05, 3.63) is 35.2 Å². The summed E-state index contributed by atoms with van der Waals surface area (Å²) in [4.78, 5) is 28.5. The molecule has 0 unspecified atom stereocenters. The zero-order valence-electron chi connectivity index (χ0n) is 16.4. The van der Waals surface area contributed by atoms with Crippen LogP contribution in [0.5, 0.6) is 0 Å². The number of hydrogen-bond donors (Lipinski definition) is 1. The minimum Gasteiger partial charge on any atom is -0.462 e. The fraction of sp³-hybridized carbons (Fsp3) is 0.278. The topological polar surface area (TPSA) is 119 Å². The zero-order chi connectivity index (χ0) is 21.9. The second-order valence-corrected chi connectivity index (χ2v) is 10.1. The van der Waals surface area contributed by atoms with Gasteiger partial charge in [0.1, 0.15) is 10.5 Å². The lowest BCUT2D eigenvalue weighted by Gasteiger charge is -2.10. The van der Waals surface area contributed by atoms with E-state index in [1.807, 2.05) is 0 Å². The molecule has 0 aliphatic heterocycles. The molecule has 0 saturated heterocycles. The summed E-state index contributed by atoms with van der Waals surface area (Å²) >= 11 is 2.28. The number of hydrogen-bond acceptors (Lipinski definition) is 9. The second kappa shape index (κ2) is 9.16. The number of thioether (sulfide) groups is 1. The molecule has 0 aliphatic rings. The Morgan fingerprint density at radius 2 is 2.07 bits per heavy atom. The number of carbonyl (C=O) groups excluding carboxylic acids is 2. The molecule has 0 spiro atoms. The summed E-state index contributed by atoms with van der Waals surface area (Å²) in [5.74, 6) is -0.842. The fourth-order valence-corrected chi connectivity index (χ4v) is 4.74. The van der Waals surface area contributed by atoms with Gasteiger partial charge >= 0.3 is 5.97 Å². The zero-order valence-corrected chi connectivity index (χ0v) is 18.8. The number of fused-ring (bicyclic) bond motifs is 1. The highest BCUT2D eigenvalue weighted by atomic mass is 32.2. The van der Waals surface area contributed by atoms with Gasteiger partial charge in [-0.2, -0.15) is 0 Å². The van der Waals surface area contributed by atoms with Crippen molar-refractivity contribution < 1.29 is 27.2 Å². The van der Waals surface area contributed by atoms with Gasteiger partial charge in [0.25, 0.3) is 5.22 Å². The van der Waals surface area contributed by atoms with Gasteiger partial charge in [-0.05, 0) is 36.6 Å². The minimum absolute atomic E-state index is 0.00413. The molecule has 12 heteroatoms. The number of nitrogens with zero attached hydrogens (tertiary/aromatic N) is 2. The molecule has 0 fully saturated rings. The Morgan fingerprint density at radius 1 is 1.30 bits per heavy atom. The molecular weight excluding hydrogens is 450 g/mol. The lowest BCUT2D eigenvalue weighted by atomic mass is 10.3. The number of carbonyl (C=O) groups is 2. The molecule has 0 bridgehead atoms. The molecule has 2 heterocycles. The first-order chi connectivity index (χ1) is 14.2. The summed E-state index contributed by atoms with van der Waals surface area (Å²) in [6.07, 6.45) is 0. The van der Waals surface area contributed by atoms with Crippen LogP contribution in [-0.4, -0.2) is 56.0 Å². The van der Waals surface area contributed by atoms with Gasteiger partial charge < -0.3 is 14.5 Å². The monoisotopic (exact) mass is 469 g/mol. The number of sulfonamides is 1. The van der Waals surface area contributed by atoms with Gasteiger partial charge in [0.05, 0.1) is 22.8 Å². The van der Waals surface area contributed by atoms with Crippen LogP contribution in [0.25, 0.3) is 11.1 Å². The van der Waals surface area contributed by atoms with Crippen LogP contribution in [0.2, 0.25) is 0 Å². The van der Waals surface area contributed by atoms with Gasteiger partial charge in [-0.15, -0.1) is 11.3 Å². The van der Waals surface area contributed by atoms with Crippen LogP contribution < -0.4 is 5.32 Å². The van der Waals surface area contributed by atoms with Crippen LogP contribution in [0.15, 0.2) is 44.2 Å². The molecule has 0 radical (unpaired) electrons. The highest BCUT2D eigenvalue weighted by Gasteiger charge is 2.20. The van der Waals surface area contributed by atoms with Gasteiger partial charge in [-0.3, -0.25) is 4.79 Å². The fourth-order valence-electron chi connectivity index (χ4n) is 2.38. The maximum Gasteiger partial charge on any atom is 0.341 e. The predicted molar refractivity (Wildman–Crippen MR) is 115 cm³/mol. The third kappa shape index (κ3) is 4.83. The first-order valence-electron chi connectivity index (χ1n) is 8.72. The first-order valence-corrected chi connectivity index (χ1v) is 12.0. The summed E-state index contributed by atoms with van der Waals surface area (Å²) < 4.78 is 36.1. The number of ether oxygens (including phenoxy) is 1. The Labute approximate surface area is 181 Å². The van der Waals surface area contributed by atoms with E-state index in [9.17, 15) is 18.0 Å². The van der Waals surface area contributed by atoms with E-state index in [0.29, 0.717) is 21.7 Å².